The summed E-state index contributed by atoms with van der Waals surface area (Å²) in [7, 11) is 0. The standard InChI is InChI=1S/C105H66F10N2/c1-3-63-33-37-65(38-34-63)61-103(91-93(106)97(110)101(114)98(111)94(91)107)85-31-19-17-29-79(85)81-53-49-75(57-87(81)103)116(73-45-41-69(42-46-73)67-21-9-5-10-22-67)77-51-55-83-84-56-52-78(60-90(84)105(89(83)59-77,71-25-13-7-14-26-71)72-27-15-8-16-28-72)117(74-47-43-70(44-48-74)68-23-11-6-12-24-68)76-50-54-82-80-30-18-20-32-86(80)104(88(82)58-76,62-66-39-35-64(4-2)36-40-66)92-95(108)99(112)102(115)100(113)96(92)109/h3-60H,1-2,61-62H2. The lowest BCUT2D eigenvalue weighted by atomic mass is 9.67. The molecule has 0 spiro atoms. The molecule has 2 nitrogen and oxygen atoms in total. The number of benzene rings is 16. The summed E-state index contributed by atoms with van der Waals surface area (Å²) < 4.78 is 166. The first-order valence-corrected chi connectivity index (χ1v) is 38.3. The zero-order chi connectivity index (χ0) is 80.2. The van der Waals surface area contributed by atoms with Crippen LogP contribution in [0, 0.1) is 58.2 Å². The molecule has 566 valence electrons. The molecule has 0 aromatic heterocycles. The van der Waals surface area contributed by atoms with Gasteiger partial charge in [0.05, 0.1) is 16.2 Å². The molecule has 2 atom stereocenters. The van der Waals surface area contributed by atoms with E-state index in [0.29, 0.717) is 89.8 Å². The summed E-state index contributed by atoms with van der Waals surface area (Å²) in [6, 6.07) is 108. The zero-order valence-corrected chi connectivity index (χ0v) is 62.5. The van der Waals surface area contributed by atoms with Crippen LogP contribution < -0.4 is 9.80 Å². The lowest BCUT2D eigenvalue weighted by molar-refractivity contribution is 0.357. The van der Waals surface area contributed by atoms with Crippen molar-refractivity contribution >= 4 is 46.3 Å². The van der Waals surface area contributed by atoms with Crippen molar-refractivity contribution in [1.82, 2.24) is 0 Å². The van der Waals surface area contributed by atoms with E-state index in [1.807, 2.05) is 204 Å². The van der Waals surface area contributed by atoms with Gasteiger partial charge in [-0.2, -0.15) is 0 Å². The van der Waals surface area contributed by atoms with Crippen molar-refractivity contribution in [2.24, 2.45) is 0 Å². The molecule has 0 saturated carbocycles. The number of hydrogen-bond donors (Lipinski definition) is 0. The van der Waals surface area contributed by atoms with Crippen LogP contribution in [0.25, 0.3) is 67.8 Å². The van der Waals surface area contributed by atoms with Crippen molar-refractivity contribution < 1.29 is 43.9 Å². The Labute approximate surface area is 669 Å². The number of hydrogen-bond acceptors (Lipinski definition) is 2. The highest BCUT2D eigenvalue weighted by Crippen LogP contribution is 2.63. The molecule has 0 aliphatic heterocycles. The van der Waals surface area contributed by atoms with E-state index >= 15 is 43.9 Å². The van der Waals surface area contributed by atoms with Gasteiger partial charge in [-0.1, -0.05) is 292 Å². The number of fused-ring (bicyclic) bond motifs is 9. The quantitative estimate of drug-likeness (QED) is 0.0480. The van der Waals surface area contributed by atoms with Crippen LogP contribution >= 0.6 is 0 Å². The summed E-state index contributed by atoms with van der Waals surface area (Å²) in [5.41, 5.74) is 11.1. The van der Waals surface area contributed by atoms with Crippen LogP contribution in [-0.4, -0.2) is 0 Å². The molecule has 12 heteroatoms. The molecule has 0 fully saturated rings. The van der Waals surface area contributed by atoms with Gasteiger partial charge in [0.1, 0.15) is 0 Å². The first kappa shape index (κ1) is 73.1. The lowest BCUT2D eigenvalue weighted by Crippen LogP contribution is -2.34. The summed E-state index contributed by atoms with van der Waals surface area (Å²) in [4.78, 5) is 4.09. The van der Waals surface area contributed by atoms with Crippen molar-refractivity contribution in [2.45, 2.75) is 29.1 Å². The second-order valence-corrected chi connectivity index (χ2v) is 29.9. The number of halogens is 10. The number of nitrogens with zero attached hydrogens (tertiary/aromatic N) is 2. The molecule has 19 rings (SSSR count). The van der Waals surface area contributed by atoms with E-state index in [2.05, 4.69) is 61.7 Å². The third-order valence-corrected chi connectivity index (χ3v) is 23.9. The van der Waals surface area contributed by atoms with Crippen molar-refractivity contribution in [3.05, 3.63) is 489 Å². The number of rotatable bonds is 18. The average molecular weight is 1550 g/mol. The van der Waals surface area contributed by atoms with E-state index in [0.717, 1.165) is 66.8 Å². The maximum absolute atomic E-state index is 17.5. The second-order valence-electron chi connectivity index (χ2n) is 29.9. The largest absolute Gasteiger partial charge is 0.310 e. The second kappa shape index (κ2) is 28.8. The Morgan fingerprint density at radius 1 is 0.231 bits per heavy atom. The summed E-state index contributed by atoms with van der Waals surface area (Å²) in [5, 5.41) is 0. The number of anilines is 6. The Morgan fingerprint density at radius 3 is 0.812 bits per heavy atom. The fourth-order valence-corrected chi connectivity index (χ4v) is 18.7. The highest BCUT2D eigenvalue weighted by molar-refractivity contribution is 5.95. The summed E-state index contributed by atoms with van der Waals surface area (Å²) in [6.45, 7) is 7.84. The molecule has 0 bridgehead atoms. The molecular formula is C105H66F10N2. The fourth-order valence-electron chi connectivity index (χ4n) is 18.7. The van der Waals surface area contributed by atoms with Crippen LogP contribution in [0.15, 0.2) is 353 Å². The first-order chi connectivity index (χ1) is 57.0. The maximum Gasteiger partial charge on any atom is 0.200 e. The minimum Gasteiger partial charge on any atom is -0.310 e. The summed E-state index contributed by atoms with van der Waals surface area (Å²) in [6.07, 6.45) is 2.82. The van der Waals surface area contributed by atoms with Crippen LogP contribution in [0.1, 0.15) is 77.9 Å². The third kappa shape index (κ3) is 11.5. The molecule has 0 radical (unpaired) electrons. The van der Waals surface area contributed by atoms with Gasteiger partial charge in [-0.25, -0.2) is 43.9 Å². The molecule has 117 heavy (non-hydrogen) atoms. The smallest absolute Gasteiger partial charge is 0.200 e. The summed E-state index contributed by atoms with van der Waals surface area (Å²) in [5.74, 6) is -20.6. The highest BCUT2D eigenvalue weighted by atomic mass is 19.2. The van der Waals surface area contributed by atoms with Gasteiger partial charge in [-0.05, 0) is 208 Å². The van der Waals surface area contributed by atoms with Gasteiger partial charge in [0.25, 0.3) is 0 Å². The van der Waals surface area contributed by atoms with Gasteiger partial charge in [0.15, 0.2) is 46.5 Å². The minimum absolute atomic E-state index is 0.236. The molecule has 16 aromatic rings. The van der Waals surface area contributed by atoms with Crippen LogP contribution in [0.4, 0.5) is 78.0 Å². The molecular weight excluding hydrogens is 1480 g/mol. The Balaban J connectivity index is 0.846. The Morgan fingerprint density at radius 2 is 0.487 bits per heavy atom. The maximum atomic E-state index is 17.5. The minimum atomic E-state index is -2.27. The van der Waals surface area contributed by atoms with E-state index in [1.54, 1.807) is 109 Å². The van der Waals surface area contributed by atoms with Crippen molar-refractivity contribution in [2.75, 3.05) is 9.80 Å². The third-order valence-electron chi connectivity index (χ3n) is 23.9. The van der Waals surface area contributed by atoms with E-state index in [9.17, 15) is 0 Å². The highest BCUT2D eigenvalue weighted by Gasteiger charge is 2.53. The molecule has 3 aliphatic rings. The van der Waals surface area contributed by atoms with E-state index in [4.69, 9.17) is 0 Å². The monoisotopic (exact) mass is 1540 g/mol. The van der Waals surface area contributed by atoms with Gasteiger partial charge in [-0.15, -0.1) is 0 Å². The van der Waals surface area contributed by atoms with Gasteiger partial charge in [0, 0.05) is 45.3 Å². The first-order valence-electron chi connectivity index (χ1n) is 38.3. The molecule has 3 aliphatic carbocycles. The van der Waals surface area contributed by atoms with Crippen LogP contribution in [-0.2, 0) is 29.1 Å². The van der Waals surface area contributed by atoms with Gasteiger partial charge in [0.2, 0.25) is 11.6 Å². The fraction of sp³-hybridized carbons (Fsp3) is 0.0476. The predicted octanol–water partition coefficient (Wildman–Crippen LogP) is 28.1. The summed E-state index contributed by atoms with van der Waals surface area (Å²) >= 11 is 0. The Hall–Kier alpha value is -14.1. The Bertz CT molecular complexity index is 6190. The van der Waals surface area contributed by atoms with Crippen molar-refractivity contribution in [3.8, 4) is 55.6 Å². The van der Waals surface area contributed by atoms with E-state index in [-0.39, 0.29) is 12.8 Å². The molecule has 2 unspecified atom stereocenters. The van der Waals surface area contributed by atoms with Gasteiger partial charge >= 0.3 is 0 Å². The van der Waals surface area contributed by atoms with Crippen molar-refractivity contribution in [1.29, 1.82) is 0 Å². The molecule has 16 aromatic carbocycles. The SMILES string of the molecule is C=Cc1ccc(CC2(c3c(F)c(F)c(F)c(F)c3F)c3ccccc3-c3ccc(N(c4ccc(-c5ccccc5)cc4)c4ccc5c(c4)C(c4ccccc4)(c4ccccc4)c4cc(N(c6ccc(-c7ccccc7)cc6)c6ccc7c(c6)C(Cc6ccc(C=C)cc6)(c6c(F)c(F)c(F)c(F)c6F)c6ccccc6-7)ccc4-5)cc32)cc1. The van der Waals surface area contributed by atoms with Crippen LogP contribution in [0.3, 0.4) is 0 Å². The molecule has 0 amide bonds. The molecule has 0 heterocycles. The lowest BCUT2D eigenvalue weighted by Gasteiger charge is -2.36. The molecule has 0 saturated heterocycles. The normalized spacial score (nSPS) is 15.0. The van der Waals surface area contributed by atoms with Crippen LogP contribution in [0.5, 0.6) is 0 Å². The van der Waals surface area contributed by atoms with Crippen molar-refractivity contribution in [3.63, 3.8) is 0 Å². The topological polar surface area (TPSA) is 6.48 Å². The van der Waals surface area contributed by atoms with E-state index in [1.165, 1.54) is 0 Å². The zero-order valence-electron chi connectivity index (χ0n) is 62.5. The Kier molecular flexibility index (Phi) is 18.0. The van der Waals surface area contributed by atoms with Crippen LogP contribution in [0.2, 0.25) is 0 Å². The van der Waals surface area contributed by atoms with Gasteiger partial charge < -0.3 is 9.80 Å². The average Bonchev–Trinajstić information content (AvgIpc) is 1.55. The predicted molar refractivity (Wildman–Crippen MR) is 448 cm³/mol. The van der Waals surface area contributed by atoms with E-state index < -0.39 is 85.5 Å². The molecule has 0 N–H and O–H groups in total. The van der Waals surface area contributed by atoms with Gasteiger partial charge in [-0.3, -0.25) is 0 Å².